The number of rotatable bonds is 3. The predicted molar refractivity (Wildman–Crippen MR) is 54.0 cm³/mol. The first-order valence-corrected chi connectivity index (χ1v) is 5.05. The van der Waals surface area contributed by atoms with E-state index < -0.39 is 0 Å². The van der Waals surface area contributed by atoms with Crippen LogP contribution >= 0.6 is 0 Å². The second kappa shape index (κ2) is 3.01. The van der Waals surface area contributed by atoms with E-state index in [1.54, 1.807) is 0 Å². The molecule has 0 aliphatic heterocycles. The van der Waals surface area contributed by atoms with Crippen LogP contribution in [-0.4, -0.2) is 14.1 Å². The van der Waals surface area contributed by atoms with E-state index in [0.29, 0.717) is 0 Å². The molecule has 0 saturated heterocycles. The number of imidazole rings is 1. The Hall–Kier alpha value is -1.51. The van der Waals surface area contributed by atoms with Crippen LogP contribution in [0.25, 0.3) is 0 Å². The van der Waals surface area contributed by atoms with E-state index in [2.05, 4.69) is 38.6 Å². The van der Waals surface area contributed by atoms with Crippen molar-refractivity contribution in [1.82, 2.24) is 14.1 Å². The normalized spacial score (nSPS) is 16.0. The van der Waals surface area contributed by atoms with Crippen LogP contribution in [0.3, 0.4) is 0 Å². The maximum atomic E-state index is 4.21. The van der Waals surface area contributed by atoms with Crippen molar-refractivity contribution in [3.63, 3.8) is 0 Å². The molecule has 0 aromatic carbocycles. The van der Waals surface area contributed by atoms with Gasteiger partial charge in [0.15, 0.2) is 0 Å². The molecule has 1 aliphatic rings. The lowest BCUT2D eigenvalue weighted by molar-refractivity contribution is 0.658. The van der Waals surface area contributed by atoms with Crippen molar-refractivity contribution in [1.29, 1.82) is 0 Å². The third-order valence-electron chi connectivity index (χ3n) is 2.70. The fraction of sp³-hybridized carbons (Fsp3) is 0.364. The summed E-state index contributed by atoms with van der Waals surface area (Å²) in [5.74, 6) is 0. The van der Waals surface area contributed by atoms with E-state index >= 15 is 0 Å². The van der Waals surface area contributed by atoms with Crippen molar-refractivity contribution in [3.05, 3.63) is 42.7 Å². The molecule has 3 nitrogen and oxygen atoms in total. The van der Waals surface area contributed by atoms with Crippen LogP contribution in [0.15, 0.2) is 37.1 Å². The van der Waals surface area contributed by atoms with Gasteiger partial charge in [0.25, 0.3) is 0 Å². The lowest BCUT2D eigenvalue weighted by Crippen LogP contribution is -2.03. The fourth-order valence-electron chi connectivity index (χ4n) is 1.80. The Morgan fingerprint density at radius 1 is 1.29 bits per heavy atom. The van der Waals surface area contributed by atoms with Crippen molar-refractivity contribution in [2.45, 2.75) is 25.4 Å². The molecule has 0 spiro atoms. The third-order valence-corrected chi connectivity index (χ3v) is 2.70. The Bertz CT molecular complexity index is 409. The van der Waals surface area contributed by atoms with E-state index in [-0.39, 0.29) is 0 Å². The molecule has 1 fully saturated rings. The average molecular weight is 187 g/mol. The van der Waals surface area contributed by atoms with E-state index in [4.69, 9.17) is 0 Å². The summed E-state index contributed by atoms with van der Waals surface area (Å²) in [5, 5.41) is 0. The van der Waals surface area contributed by atoms with Gasteiger partial charge in [-0.25, -0.2) is 4.98 Å². The molecule has 2 aromatic rings. The maximum Gasteiger partial charge on any atom is 0.0951 e. The highest BCUT2D eigenvalue weighted by molar-refractivity contribution is 5.05. The quantitative estimate of drug-likeness (QED) is 0.721. The molecule has 0 unspecified atom stereocenters. The number of hydrogen-bond donors (Lipinski definition) is 0. The molecule has 14 heavy (non-hydrogen) atoms. The van der Waals surface area contributed by atoms with Gasteiger partial charge >= 0.3 is 0 Å². The Kier molecular flexibility index (Phi) is 1.69. The van der Waals surface area contributed by atoms with Gasteiger partial charge in [0.2, 0.25) is 0 Å². The summed E-state index contributed by atoms with van der Waals surface area (Å²) in [5.41, 5.74) is 1.31. The van der Waals surface area contributed by atoms with Crippen LogP contribution in [-0.2, 0) is 6.54 Å². The zero-order valence-corrected chi connectivity index (χ0v) is 8.00. The van der Waals surface area contributed by atoms with Crippen LogP contribution in [0, 0.1) is 0 Å². The minimum absolute atomic E-state index is 0.725. The Morgan fingerprint density at radius 3 is 2.79 bits per heavy atom. The monoisotopic (exact) mass is 187 g/mol. The topological polar surface area (TPSA) is 22.8 Å². The average Bonchev–Trinajstić information content (AvgIpc) is 2.74. The molecule has 1 aliphatic carbocycles. The molecule has 3 heteroatoms. The number of hydrogen-bond acceptors (Lipinski definition) is 1. The molecule has 0 bridgehead atoms. The third kappa shape index (κ3) is 1.35. The van der Waals surface area contributed by atoms with Gasteiger partial charge in [0.05, 0.1) is 18.6 Å². The van der Waals surface area contributed by atoms with Gasteiger partial charge in [0.1, 0.15) is 0 Å². The summed E-state index contributed by atoms with van der Waals surface area (Å²) < 4.78 is 4.48. The lowest BCUT2D eigenvalue weighted by Gasteiger charge is -2.06. The van der Waals surface area contributed by atoms with Crippen LogP contribution in [0.4, 0.5) is 0 Å². The molecule has 2 heterocycles. The van der Waals surface area contributed by atoms with Crippen molar-refractivity contribution in [2.24, 2.45) is 0 Å². The van der Waals surface area contributed by atoms with Gasteiger partial charge < -0.3 is 9.13 Å². The molecule has 1 saturated carbocycles. The van der Waals surface area contributed by atoms with Gasteiger partial charge in [-0.05, 0) is 25.0 Å². The predicted octanol–water partition coefficient (Wildman–Crippen LogP) is 2.07. The Morgan fingerprint density at radius 2 is 2.07 bits per heavy atom. The largest absolute Gasteiger partial charge is 0.348 e. The second-order valence-corrected chi connectivity index (χ2v) is 3.88. The molecular formula is C11H13N3. The first kappa shape index (κ1) is 7.85. The molecule has 2 aromatic heterocycles. The summed E-state index contributed by atoms with van der Waals surface area (Å²) >= 11 is 0. The standard InChI is InChI=1S/C11H13N3/c1-2-6-13(5-1)8-11-7-12-9-14(11)10-3-4-10/h1-2,5-7,9-10H,3-4,8H2. The summed E-state index contributed by atoms with van der Waals surface area (Å²) in [4.78, 5) is 4.21. The maximum absolute atomic E-state index is 4.21. The number of aromatic nitrogens is 3. The molecule has 0 atom stereocenters. The zero-order chi connectivity index (χ0) is 9.38. The first-order chi connectivity index (χ1) is 6.93. The molecule has 0 amide bonds. The van der Waals surface area contributed by atoms with Gasteiger partial charge in [-0.1, -0.05) is 0 Å². The van der Waals surface area contributed by atoms with E-state index in [0.717, 1.165) is 12.6 Å². The fourth-order valence-corrected chi connectivity index (χ4v) is 1.80. The number of nitrogens with zero attached hydrogens (tertiary/aromatic N) is 3. The minimum atomic E-state index is 0.725. The SMILES string of the molecule is c1ccn(Cc2cncn2C2CC2)c1. The molecule has 0 radical (unpaired) electrons. The highest BCUT2D eigenvalue weighted by Crippen LogP contribution is 2.35. The smallest absolute Gasteiger partial charge is 0.0951 e. The van der Waals surface area contributed by atoms with Crippen molar-refractivity contribution < 1.29 is 0 Å². The summed E-state index contributed by atoms with van der Waals surface area (Å²) in [6.45, 7) is 0.934. The molecule has 0 N–H and O–H groups in total. The van der Waals surface area contributed by atoms with Gasteiger partial charge in [-0.15, -0.1) is 0 Å². The highest BCUT2D eigenvalue weighted by Gasteiger charge is 2.24. The second-order valence-electron chi connectivity index (χ2n) is 3.88. The molecule has 72 valence electrons. The van der Waals surface area contributed by atoms with Gasteiger partial charge in [0, 0.05) is 24.6 Å². The summed E-state index contributed by atoms with van der Waals surface area (Å²) in [6, 6.07) is 4.83. The van der Waals surface area contributed by atoms with Gasteiger partial charge in [-0.2, -0.15) is 0 Å². The molecular weight excluding hydrogens is 174 g/mol. The van der Waals surface area contributed by atoms with Crippen LogP contribution in [0.1, 0.15) is 24.6 Å². The highest BCUT2D eigenvalue weighted by atomic mass is 15.1. The summed E-state index contributed by atoms with van der Waals surface area (Å²) in [6.07, 6.45) is 10.7. The van der Waals surface area contributed by atoms with Crippen molar-refractivity contribution in [3.8, 4) is 0 Å². The minimum Gasteiger partial charge on any atom is -0.348 e. The lowest BCUT2D eigenvalue weighted by atomic mass is 10.4. The van der Waals surface area contributed by atoms with E-state index in [1.807, 2.05) is 12.5 Å². The van der Waals surface area contributed by atoms with Crippen LogP contribution in [0.2, 0.25) is 0 Å². The Balaban J connectivity index is 1.85. The molecule has 3 rings (SSSR count). The van der Waals surface area contributed by atoms with E-state index in [1.165, 1.54) is 18.5 Å². The van der Waals surface area contributed by atoms with Crippen molar-refractivity contribution in [2.75, 3.05) is 0 Å². The summed E-state index contributed by atoms with van der Waals surface area (Å²) in [7, 11) is 0. The Labute approximate surface area is 83.0 Å². The zero-order valence-electron chi connectivity index (χ0n) is 8.00. The first-order valence-electron chi connectivity index (χ1n) is 5.05. The van der Waals surface area contributed by atoms with E-state index in [9.17, 15) is 0 Å². The van der Waals surface area contributed by atoms with Crippen LogP contribution < -0.4 is 0 Å². The van der Waals surface area contributed by atoms with Gasteiger partial charge in [-0.3, -0.25) is 0 Å². The van der Waals surface area contributed by atoms with Crippen molar-refractivity contribution >= 4 is 0 Å². The van der Waals surface area contributed by atoms with Crippen LogP contribution in [0.5, 0.6) is 0 Å².